The van der Waals surface area contributed by atoms with Crippen molar-refractivity contribution in [3.8, 4) is 0 Å². The van der Waals surface area contributed by atoms with Crippen molar-refractivity contribution in [3.05, 3.63) is 45.6 Å². The predicted octanol–water partition coefficient (Wildman–Crippen LogP) is 0.826. The molecule has 1 aromatic rings. The highest BCUT2D eigenvalue weighted by Gasteiger charge is 2.38. The van der Waals surface area contributed by atoms with E-state index in [0.717, 1.165) is 18.3 Å². The lowest BCUT2D eigenvalue weighted by Gasteiger charge is -2.29. The number of anilines is 1. The first kappa shape index (κ1) is 16.9. The van der Waals surface area contributed by atoms with Gasteiger partial charge in [-0.25, -0.2) is 9.59 Å². The molecule has 1 aliphatic heterocycles. The lowest BCUT2D eigenvalue weighted by atomic mass is 10.1. The maximum absolute atomic E-state index is 11.8. The van der Waals surface area contributed by atoms with E-state index in [1.165, 1.54) is 19.9 Å². The molecule has 1 aliphatic rings. The number of carbonyl (C=O) groups excluding carboxylic acids is 3. The minimum atomic E-state index is -1.37. The van der Waals surface area contributed by atoms with Crippen LogP contribution in [0.1, 0.15) is 24.2 Å². The molecule has 1 amide bonds. The number of esters is 2. The number of cyclic esters (lactones) is 2. The Hall–Kier alpha value is -3.43. The first-order valence-corrected chi connectivity index (χ1v) is 6.62. The highest BCUT2D eigenvalue weighted by Crippen LogP contribution is 2.25. The number of nitrogens with zero attached hydrogens (tertiary/aromatic N) is 1. The van der Waals surface area contributed by atoms with Crippen LogP contribution in [0.3, 0.4) is 0 Å². The lowest BCUT2D eigenvalue weighted by molar-refractivity contribution is -0.385. The molecule has 2 rings (SSSR count). The largest absolute Gasteiger partial charge is 0.419 e. The fourth-order valence-electron chi connectivity index (χ4n) is 1.91. The van der Waals surface area contributed by atoms with Crippen molar-refractivity contribution < 1.29 is 28.8 Å². The first-order valence-electron chi connectivity index (χ1n) is 6.62. The summed E-state index contributed by atoms with van der Waals surface area (Å²) in [5.41, 5.74) is 4.03. The van der Waals surface area contributed by atoms with Crippen LogP contribution in [0, 0.1) is 10.1 Å². The highest BCUT2D eigenvalue weighted by atomic mass is 16.7. The van der Waals surface area contributed by atoms with Gasteiger partial charge in [0.15, 0.2) is 5.57 Å². The molecule has 10 nitrogen and oxygen atoms in total. The molecule has 126 valence electrons. The van der Waals surface area contributed by atoms with Gasteiger partial charge in [0.05, 0.1) is 4.92 Å². The van der Waals surface area contributed by atoms with Gasteiger partial charge in [-0.05, 0) is 12.1 Å². The van der Waals surface area contributed by atoms with Crippen LogP contribution in [0.5, 0.6) is 0 Å². The normalized spacial score (nSPS) is 16.0. The van der Waals surface area contributed by atoms with E-state index in [4.69, 9.17) is 15.2 Å². The number of amides is 1. The van der Waals surface area contributed by atoms with E-state index in [-0.39, 0.29) is 11.3 Å². The summed E-state index contributed by atoms with van der Waals surface area (Å²) in [6.45, 7) is 2.80. The van der Waals surface area contributed by atoms with Gasteiger partial charge in [0, 0.05) is 31.8 Å². The summed E-state index contributed by atoms with van der Waals surface area (Å²) >= 11 is 0. The Morgan fingerprint density at radius 1 is 1.29 bits per heavy atom. The summed E-state index contributed by atoms with van der Waals surface area (Å²) in [5.74, 6) is -4.11. The molecule has 0 atom stereocenters. The third kappa shape index (κ3) is 3.48. The second-order valence-corrected chi connectivity index (χ2v) is 5.23. The van der Waals surface area contributed by atoms with Gasteiger partial charge >= 0.3 is 11.9 Å². The topological polar surface area (TPSA) is 151 Å². The average Bonchev–Trinajstić information content (AvgIpc) is 2.44. The van der Waals surface area contributed by atoms with Crippen molar-refractivity contribution >= 4 is 29.2 Å². The Labute approximate surface area is 135 Å². The van der Waals surface area contributed by atoms with E-state index < -0.39 is 39.8 Å². The van der Waals surface area contributed by atoms with Crippen LogP contribution in [0.2, 0.25) is 0 Å². The minimum Gasteiger partial charge on any atom is -0.419 e. The predicted molar refractivity (Wildman–Crippen MR) is 79.6 cm³/mol. The molecule has 1 heterocycles. The molecule has 1 aromatic carbocycles. The van der Waals surface area contributed by atoms with Crippen LogP contribution in [0.15, 0.2) is 30.0 Å². The second kappa shape index (κ2) is 5.99. The molecule has 0 radical (unpaired) electrons. The highest BCUT2D eigenvalue weighted by molar-refractivity contribution is 6.15. The minimum absolute atomic E-state index is 0.157. The number of nitro benzene ring substituents is 1. The fraction of sp³-hybridized carbons (Fsp3) is 0.214. The molecule has 0 aliphatic carbocycles. The van der Waals surface area contributed by atoms with Gasteiger partial charge < -0.3 is 20.5 Å². The van der Waals surface area contributed by atoms with E-state index in [9.17, 15) is 24.5 Å². The Kier molecular flexibility index (Phi) is 4.22. The quantitative estimate of drug-likeness (QED) is 0.270. The zero-order chi connectivity index (χ0) is 18.1. The number of ether oxygens (including phenoxy) is 2. The molecule has 0 aromatic heterocycles. The van der Waals surface area contributed by atoms with Crippen LogP contribution < -0.4 is 11.1 Å². The summed E-state index contributed by atoms with van der Waals surface area (Å²) in [5, 5.41) is 13.5. The summed E-state index contributed by atoms with van der Waals surface area (Å²) in [4.78, 5) is 44.9. The molecule has 24 heavy (non-hydrogen) atoms. The number of nitro groups is 1. The molecular weight excluding hydrogens is 322 g/mol. The van der Waals surface area contributed by atoms with Gasteiger partial charge in [-0.3, -0.25) is 14.9 Å². The van der Waals surface area contributed by atoms with E-state index in [1.807, 2.05) is 0 Å². The van der Waals surface area contributed by atoms with Crippen LogP contribution in [0.25, 0.3) is 0 Å². The van der Waals surface area contributed by atoms with Crippen molar-refractivity contribution in [1.82, 2.24) is 0 Å². The number of nitrogens with two attached hydrogens (primary N) is 1. The number of rotatable bonds is 4. The number of benzene rings is 1. The average molecular weight is 335 g/mol. The SMILES string of the molecule is CC1(C)OC(=O)C(=CNc2ccc(C(N)=O)c([N+](=O)[O-])c2)C(=O)O1. The van der Waals surface area contributed by atoms with Gasteiger partial charge in [0.1, 0.15) is 5.56 Å². The summed E-state index contributed by atoms with van der Waals surface area (Å²) in [7, 11) is 0. The first-order chi connectivity index (χ1) is 11.1. The van der Waals surface area contributed by atoms with E-state index >= 15 is 0 Å². The maximum atomic E-state index is 11.8. The monoisotopic (exact) mass is 335 g/mol. The Balaban J connectivity index is 2.27. The van der Waals surface area contributed by atoms with Crippen molar-refractivity contribution in [3.63, 3.8) is 0 Å². The van der Waals surface area contributed by atoms with E-state index in [2.05, 4.69) is 5.32 Å². The van der Waals surface area contributed by atoms with Crippen molar-refractivity contribution in [2.24, 2.45) is 5.73 Å². The lowest BCUT2D eigenvalue weighted by Crippen LogP contribution is -2.42. The number of nitrogens with one attached hydrogen (secondary N) is 1. The van der Waals surface area contributed by atoms with Crippen molar-refractivity contribution in [2.75, 3.05) is 5.32 Å². The zero-order valence-corrected chi connectivity index (χ0v) is 12.7. The van der Waals surface area contributed by atoms with Crippen LogP contribution in [-0.2, 0) is 19.1 Å². The molecule has 0 saturated carbocycles. The standard InChI is InChI=1S/C14H13N3O7/c1-14(2)23-12(19)9(13(20)24-14)6-16-7-3-4-8(11(15)18)10(5-7)17(21)22/h3-6,16H,1-2H3,(H2,15,18). The maximum Gasteiger partial charge on any atom is 0.350 e. The molecule has 0 bridgehead atoms. The van der Waals surface area contributed by atoms with Gasteiger partial charge in [-0.1, -0.05) is 0 Å². The van der Waals surface area contributed by atoms with E-state index in [0.29, 0.717) is 0 Å². The van der Waals surface area contributed by atoms with Crippen LogP contribution in [0.4, 0.5) is 11.4 Å². The van der Waals surface area contributed by atoms with Gasteiger partial charge in [-0.15, -0.1) is 0 Å². The molecule has 3 N–H and O–H groups in total. The summed E-state index contributed by atoms with van der Waals surface area (Å²) in [6, 6.07) is 3.52. The van der Waals surface area contributed by atoms with Gasteiger partial charge in [-0.2, -0.15) is 0 Å². The zero-order valence-electron chi connectivity index (χ0n) is 12.7. The smallest absolute Gasteiger partial charge is 0.350 e. The molecule has 1 saturated heterocycles. The van der Waals surface area contributed by atoms with Crippen LogP contribution in [-0.4, -0.2) is 28.6 Å². The molecule has 1 fully saturated rings. The Morgan fingerprint density at radius 3 is 2.38 bits per heavy atom. The fourth-order valence-corrected chi connectivity index (χ4v) is 1.91. The number of hydrogen-bond acceptors (Lipinski definition) is 8. The summed E-state index contributed by atoms with van der Waals surface area (Å²) < 4.78 is 9.80. The van der Waals surface area contributed by atoms with Gasteiger partial charge in [0.2, 0.25) is 0 Å². The molecule has 0 spiro atoms. The second-order valence-electron chi connectivity index (χ2n) is 5.23. The molecular formula is C14H13N3O7. The van der Waals surface area contributed by atoms with Gasteiger partial charge in [0.25, 0.3) is 17.4 Å². The van der Waals surface area contributed by atoms with Crippen LogP contribution >= 0.6 is 0 Å². The number of carbonyl (C=O) groups is 3. The number of primary amides is 1. The molecule has 0 unspecified atom stereocenters. The van der Waals surface area contributed by atoms with Crippen molar-refractivity contribution in [2.45, 2.75) is 19.6 Å². The number of hydrogen-bond donors (Lipinski definition) is 2. The van der Waals surface area contributed by atoms with Crippen molar-refractivity contribution in [1.29, 1.82) is 0 Å². The third-order valence-electron chi connectivity index (χ3n) is 2.96. The molecule has 10 heteroatoms. The third-order valence-corrected chi connectivity index (χ3v) is 2.96. The summed E-state index contributed by atoms with van der Waals surface area (Å²) in [6.07, 6.45) is 1.00. The van der Waals surface area contributed by atoms with E-state index in [1.54, 1.807) is 0 Å². The Bertz CT molecular complexity index is 761. The Morgan fingerprint density at radius 2 is 1.88 bits per heavy atom.